The fourth-order valence-corrected chi connectivity index (χ4v) is 2.45. The Bertz CT molecular complexity index is 884. The number of nitrogens with zero attached hydrogens (tertiary/aromatic N) is 3. The second-order valence-corrected chi connectivity index (χ2v) is 5.59. The van der Waals surface area contributed by atoms with E-state index in [0.29, 0.717) is 26.2 Å². The van der Waals surface area contributed by atoms with Crippen LogP contribution in [-0.2, 0) is 0 Å². The zero-order chi connectivity index (χ0) is 15.5. The minimum absolute atomic E-state index is 0.397. The first-order valence-electron chi connectivity index (χ1n) is 6.38. The van der Waals surface area contributed by atoms with E-state index in [9.17, 15) is 0 Å². The number of hydrogen-bond acceptors (Lipinski definition) is 3. The molecule has 7 heteroatoms. The molecule has 3 rings (SSSR count). The van der Waals surface area contributed by atoms with Gasteiger partial charge in [-0.15, -0.1) is 0 Å². The predicted molar refractivity (Wildman–Crippen MR) is 92.3 cm³/mol. The molecular weight excluding hydrogens is 339 g/mol. The highest BCUT2D eigenvalue weighted by Gasteiger charge is 2.08. The molecule has 0 bridgehead atoms. The van der Waals surface area contributed by atoms with E-state index in [4.69, 9.17) is 35.4 Å². The molecule has 1 aromatic heterocycles. The maximum absolute atomic E-state index is 6.15. The molecule has 0 radical (unpaired) electrons. The lowest BCUT2D eigenvalue weighted by atomic mass is 10.2. The minimum Gasteiger partial charge on any atom is -0.250 e. The third-order valence-electron chi connectivity index (χ3n) is 2.98. The Balaban J connectivity index is 2.03. The molecule has 2 aromatic carbocycles. The van der Waals surface area contributed by atoms with Gasteiger partial charge in [-0.05, 0) is 18.3 Å². The van der Waals surface area contributed by atoms with Crippen molar-refractivity contribution in [2.45, 2.75) is 0 Å². The number of nitrogens with one attached hydrogen (secondary N) is 1. The van der Waals surface area contributed by atoms with Crippen LogP contribution < -0.4 is 0 Å². The summed E-state index contributed by atoms with van der Waals surface area (Å²) in [6.45, 7) is 0. The van der Waals surface area contributed by atoms with Crippen molar-refractivity contribution in [3.8, 4) is 11.4 Å². The summed E-state index contributed by atoms with van der Waals surface area (Å²) < 4.78 is 1.94. The number of hydrogen-bond donors (Lipinski definition) is 1. The topological polar surface area (TPSA) is 46.0 Å². The van der Waals surface area contributed by atoms with Gasteiger partial charge in [-0.1, -0.05) is 65.7 Å². The van der Waals surface area contributed by atoms with Gasteiger partial charge in [0.25, 0.3) is 0 Å². The first-order chi connectivity index (χ1) is 10.7. The van der Waals surface area contributed by atoms with Crippen LogP contribution in [0.1, 0.15) is 5.56 Å². The summed E-state index contributed by atoms with van der Waals surface area (Å²) in [7, 11) is 0. The molecule has 22 heavy (non-hydrogen) atoms. The third-order valence-corrected chi connectivity index (χ3v) is 4.07. The SMILES string of the molecule is S=c1[nH]nc(-c2ccccc2)n1/N=C/c1cccc(Cl)c1Cl. The molecule has 0 saturated carbocycles. The highest BCUT2D eigenvalue weighted by molar-refractivity contribution is 7.71. The molecule has 0 atom stereocenters. The molecule has 1 N–H and O–H groups in total. The molecule has 3 aromatic rings. The second-order valence-electron chi connectivity index (χ2n) is 4.42. The van der Waals surface area contributed by atoms with E-state index in [1.807, 2.05) is 42.5 Å². The van der Waals surface area contributed by atoms with E-state index in [-0.39, 0.29) is 0 Å². The molecule has 0 fully saturated rings. The number of benzene rings is 2. The van der Waals surface area contributed by atoms with E-state index in [2.05, 4.69) is 15.3 Å². The average molecular weight is 349 g/mol. The van der Waals surface area contributed by atoms with E-state index in [1.165, 1.54) is 0 Å². The van der Waals surface area contributed by atoms with Gasteiger partial charge in [0, 0.05) is 11.1 Å². The number of rotatable bonds is 3. The van der Waals surface area contributed by atoms with Gasteiger partial charge in [0.05, 0.1) is 16.3 Å². The van der Waals surface area contributed by atoms with Crippen LogP contribution in [-0.4, -0.2) is 21.1 Å². The van der Waals surface area contributed by atoms with Crippen molar-refractivity contribution in [3.63, 3.8) is 0 Å². The van der Waals surface area contributed by atoms with E-state index >= 15 is 0 Å². The molecule has 0 spiro atoms. The lowest BCUT2D eigenvalue weighted by Gasteiger charge is -2.02. The Morgan fingerprint density at radius 2 is 1.86 bits per heavy atom. The molecule has 0 amide bonds. The molecule has 0 saturated heterocycles. The lowest BCUT2D eigenvalue weighted by molar-refractivity contribution is 0.871. The Kier molecular flexibility index (Phi) is 4.38. The van der Waals surface area contributed by atoms with Crippen LogP contribution >= 0.6 is 35.4 Å². The van der Waals surface area contributed by atoms with Gasteiger partial charge in [0.1, 0.15) is 0 Å². The molecular formula is C15H10Cl2N4S. The summed E-state index contributed by atoms with van der Waals surface area (Å²) in [6.07, 6.45) is 1.60. The number of aromatic amines is 1. The van der Waals surface area contributed by atoms with Crippen LogP contribution in [0, 0.1) is 4.77 Å². The first-order valence-corrected chi connectivity index (χ1v) is 7.54. The fraction of sp³-hybridized carbons (Fsp3) is 0. The zero-order valence-corrected chi connectivity index (χ0v) is 13.5. The van der Waals surface area contributed by atoms with Crippen LogP contribution in [0.2, 0.25) is 10.0 Å². The molecule has 0 aliphatic rings. The highest BCUT2D eigenvalue weighted by atomic mass is 35.5. The Hall–Kier alpha value is -1.95. The summed E-state index contributed by atoms with van der Waals surface area (Å²) in [5.41, 5.74) is 1.61. The van der Waals surface area contributed by atoms with E-state index in [1.54, 1.807) is 17.0 Å². The van der Waals surface area contributed by atoms with E-state index in [0.717, 1.165) is 5.56 Å². The van der Waals surface area contributed by atoms with Crippen molar-refractivity contribution in [3.05, 3.63) is 68.9 Å². The molecule has 4 nitrogen and oxygen atoms in total. The van der Waals surface area contributed by atoms with Crippen molar-refractivity contribution in [1.29, 1.82) is 0 Å². The normalized spacial score (nSPS) is 11.2. The molecule has 0 aliphatic heterocycles. The smallest absolute Gasteiger partial charge is 0.216 e. The summed E-state index contributed by atoms with van der Waals surface area (Å²) in [5, 5.41) is 12.2. The Labute approximate surface area is 142 Å². The van der Waals surface area contributed by atoms with Gasteiger partial charge in [-0.2, -0.15) is 14.9 Å². The zero-order valence-electron chi connectivity index (χ0n) is 11.2. The Morgan fingerprint density at radius 3 is 2.64 bits per heavy atom. The summed E-state index contributed by atoms with van der Waals surface area (Å²) in [5.74, 6) is 0.625. The van der Waals surface area contributed by atoms with Crippen molar-refractivity contribution >= 4 is 41.6 Å². The van der Waals surface area contributed by atoms with Gasteiger partial charge < -0.3 is 0 Å². The van der Waals surface area contributed by atoms with Crippen molar-refractivity contribution in [2.75, 3.05) is 0 Å². The van der Waals surface area contributed by atoms with Crippen molar-refractivity contribution in [2.24, 2.45) is 5.10 Å². The lowest BCUT2D eigenvalue weighted by Crippen LogP contribution is -1.95. The van der Waals surface area contributed by atoms with Gasteiger partial charge in [0.2, 0.25) is 4.77 Å². The van der Waals surface area contributed by atoms with Crippen molar-refractivity contribution in [1.82, 2.24) is 14.9 Å². The van der Waals surface area contributed by atoms with Gasteiger partial charge >= 0.3 is 0 Å². The number of H-pyrrole nitrogens is 1. The maximum atomic E-state index is 6.15. The average Bonchev–Trinajstić information content (AvgIpc) is 2.91. The predicted octanol–water partition coefficient (Wildman–Crippen LogP) is 4.80. The van der Waals surface area contributed by atoms with Crippen LogP contribution in [0.15, 0.2) is 53.6 Å². The maximum Gasteiger partial charge on any atom is 0.216 e. The number of aromatic nitrogens is 3. The van der Waals surface area contributed by atoms with Gasteiger partial charge in [-0.3, -0.25) is 0 Å². The van der Waals surface area contributed by atoms with Crippen LogP contribution in [0.5, 0.6) is 0 Å². The second kappa shape index (κ2) is 6.44. The Morgan fingerprint density at radius 1 is 1.09 bits per heavy atom. The number of halogens is 2. The quantitative estimate of drug-likeness (QED) is 0.545. The summed E-state index contributed by atoms with van der Waals surface area (Å²) in [6, 6.07) is 15.0. The van der Waals surface area contributed by atoms with Crippen LogP contribution in [0.25, 0.3) is 11.4 Å². The van der Waals surface area contributed by atoms with E-state index < -0.39 is 0 Å². The van der Waals surface area contributed by atoms with Crippen LogP contribution in [0.3, 0.4) is 0 Å². The first kappa shape index (κ1) is 15.0. The van der Waals surface area contributed by atoms with Crippen LogP contribution in [0.4, 0.5) is 0 Å². The minimum atomic E-state index is 0.397. The highest BCUT2D eigenvalue weighted by Crippen LogP contribution is 2.24. The van der Waals surface area contributed by atoms with Gasteiger partial charge in [-0.25, -0.2) is 5.10 Å². The van der Waals surface area contributed by atoms with Gasteiger partial charge in [0.15, 0.2) is 5.82 Å². The monoisotopic (exact) mass is 348 g/mol. The molecule has 0 unspecified atom stereocenters. The molecule has 110 valence electrons. The molecule has 0 aliphatic carbocycles. The standard InChI is InChI=1S/C15H10Cl2N4S/c16-12-8-4-7-11(13(12)17)9-18-21-14(19-20-15(21)22)10-5-2-1-3-6-10/h1-9H,(H,20,22)/b18-9+. The van der Waals surface area contributed by atoms with Crippen molar-refractivity contribution < 1.29 is 0 Å². The largest absolute Gasteiger partial charge is 0.250 e. The fourth-order valence-electron chi connectivity index (χ4n) is 1.91. The third kappa shape index (κ3) is 2.97. The summed E-state index contributed by atoms with van der Waals surface area (Å²) >= 11 is 17.4. The molecule has 1 heterocycles. The summed E-state index contributed by atoms with van der Waals surface area (Å²) in [4.78, 5) is 0.